The van der Waals surface area contributed by atoms with Gasteiger partial charge in [0.15, 0.2) is 0 Å². The predicted octanol–water partition coefficient (Wildman–Crippen LogP) is 2.14. The minimum absolute atomic E-state index is 0.482. The number of piperidine rings is 1. The van der Waals surface area contributed by atoms with Crippen molar-refractivity contribution in [2.24, 2.45) is 17.6 Å². The van der Waals surface area contributed by atoms with E-state index in [4.69, 9.17) is 5.73 Å². The van der Waals surface area contributed by atoms with Gasteiger partial charge in [0.2, 0.25) is 0 Å². The number of aromatic nitrogens is 1. The summed E-state index contributed by atoms with van der Waals surface area (Å²) in [7, 11) is 0. The first-order valence-corrected chi connectivity index (χ1v) is 6.95. The van der Waals surface area contributed by atoms with Crippen LogP contribution in [-0.2, 0) is 0 Å². The Kier molecular flexibility index (Phi) is 4.20. The zero-order valence-corrected chi connectivity index (χ0v) is 12.0. The zero-order chi connectivity index (χ0) is 13.1. The van der Waals surface area contributed by atoms with Gasteiger partial charge in [0, 0.05) is 23.8 Å². The molecule has 0 radical (unpaired) electrons. The van der Waals surface area contributed by atoms with Gasteiger partial charge in [0.1, 0.15) is 11.9 Å². The first-order chi connectivity index (χ1) is 8.65. The summed E-state index contributed by atoms with van der Waals surface area (Å²) in [4.78, 5) is 6.57. The first kappa shape index (κ1) is 13.3. The van der Waals surface area contributed by atoms with Gasteiger partial charge in [-0.1, -0.05) is 6.92 Å². The molecular weight excluding hydrogens is 292 g/mol. The highest BCUT2D eigenvalue weighted by Gasteiger charge is 2.27. The number of nitrogens with two attached hydrogens (primary N) is 1. The third-order valence-corrected chi connectivity index (χ3v) is 4.10. The molecule has 5 heteroatoms. The fourth-order valence-electron chi connectivity index (χ4n) is 2.42. The molecule has 2 rings (SSSR count). The highest BCUT2D eigenvalue weighted by molar-refractivity contribution is 9.10. The number of hydrogen-bond donors (Lipinski definition) is 1. The molecule has 1 saturated heterocycles. The Morgan fingerprint density at radius 1 is 1.67 bits per heavy atom. The van der Waals surface area contributed by atoms with Gasteiger partial charge in [-0.25, -0.2) is 4.98 Å². The van der Waals surface area contributed by atoms with Crippen LogP contribution in [0.2, 0.25) is 0 Å². The number of pyridine rings is 1. The van der Waals surface area contributed by atoms with Crippen LogP contribution in [0, 0.1) is 23.2 Å². The number of halogens is 1. The highest BCUT2D eigenvalue weighted by atomic mass is 79.9. The summed E-state index contributed by atoms with van der Waals surface area (Å²) in [5.74, 6) is 1.91. The summed E-state index contributed by atoms with van der Waals surface area (Å²) < 4.78 is 0.837. The molecule has 18 heavy (non-hydrogen) atoms. The van der Waals surface area contributed by atoms with Crippen molar-refractivity contribution in [3.8, 4) is 6.07 Å². The average Bonchev–Trinajstić information content (AvgIpc) is 2.39. The molecule has 4 nitrogen and oxygen atoms in total. The van der Waals surface area contributed by atoms with E-state index in [1.807, 2.05) is 6.07 Å². The molecule has 1 aliphatic heterocycles. The van der Waals surface area contributed by atoms with Crippen molar-refractivity contribution in [1.29, 1.82) is 5.26 Å². The van der Waals surface area contributed by atoms with Crippen LogP contribution < -0.4 is 10.6 Å². The molecule has 1 aliphatic rings. The summed E-state index contributed by atoms with van der Waals surface area (Å²) in [5.41, 5.74) is 6.43. The van der Waals surface area contributed by atoms with E-state index < -0.39 is 0 Å². The third kappa shape index (κ3) is 2.65. The second kappa shape index (κ2) is 5.68. The maximum Gasteiger partial charge on any atom is 0.146 e. The first-order valence-electron chi connectivity index (χ1n) is 6.16. The summed E-state index contributed by atoms with van der Waals surface area (Å²) in [6, 6.07) is 4.03. The minimum Gasteiger partial charge on any atom is -0.355 e. The summed E-state index contributed by atoms with van der Waals surface area (Å²) >= 11 is 3.34. The smallest absolute Gasteiger partial charge is 0.146 e. The Hall–Kier alpha value is -1.12. The molecule has 0 amide bonds. The molecule has 0 aliphatic carbocycles. The summed E-state index contributed by atoms with van der Waals surface area (Å²) in [6.45, 7) is 4.77. The van der Waals surface area contributed by atoms with Crippen molar-refractivity contribution in [2.45, 2.75) is 13.3 Å². The van der Waals surface area contributed by atoms with Crippen LogP contribution in [0.4, 0.5) is 5.82 Å². The van der Waals surface area contributed by atoms with Gasteiger partial charge >= 0.3 is 0 Å². The molecule has 1 aromatic heterocycles. The van der Waals surface area contributed by atoms with Crippen molar-refractivity contribution < 1.29 is 0 Å². The Morgan fingerprint density at radius 3 is 3.11 bits per heavy atom. The van der Waals surface area contributed by atoms with Crippen molar-refractivity contribution in [3.05, 3.63) is 22.3 Å². The van der Waals surface area contributed by atoms with Crippen LogP contribution in [0.5, 0.6) is 0 Å². The number of nitrogens with zero attached hydrogens (tertiary/aromatic N) is 3. The fourth-order valence-corrected chi connectivity index (χ4v) is 2.75. The molecule has 2 unspecified atom stereocenters. The average molecular weight is 309 g/mol. The molecule has 0 aromatic carbocycles. The zero-order valence-electron chi connectivity index (χ0n) is 10.4. The lowest BCUT2D eigenvalue weighted by Crippen LogP contribution is -2.43. The van der Waals surface area contributed by atoms with Crippen LogP contribution in [0.25, 0.3) is 0 Å². The Balaban J connectivity index is 2.25. The van der Waals surface area contributed by atoms with Crippen LogP contribution in [0.1, 0.15) is 18.9 Å². The topological polar surface area (TPSA) is 65.9 Å². The normalized spacial score (nSPS) is 23.8. The maximum atomic E-state index is 9.19. The lowest BCUT2D eigenvalue weighted by atomic mass is 9.87. The third-order valence-electron chi connectivity index (χ3n) is 3.67. The van der Waals surface area contributed by atoms with Gasteiger partial charge in [-0.15, -0.1) is 0 Å². The van der Waals surface area contributed by atoms with E-state index in [0.717, 1.165) is 29.8 Å². The Bertz CT molecular complexity index is 469. The predicted molar refractivity (Wildman–Crippen MR) is 75.2 cm³/mol. The van der Waals surface area contributed by atoms with Crippen LogP contribution in [-0.4, -0.2) is 24.6 Å². The van der Waals surface area contributed by atoms with E-state index >= 15 is 0 Å². The van der Waals surface area contributed by atoms with Gasteiger partial charge in [0.25, 0.3) is 0 Å². The molecule has 0 spiro atoms. The largest absolute Gasteiger partial charge is 0.355 e. The lowest BCUT2D eigenvalue weighted by Gasteiger charge is -2.37. The number of nitriles is 1. The molecule has 1 aromatic rings. The van der Waals surface area contributed by atoms with Gasteiger partial charge in [0.05, 0.1) is 5.56 Å². The second-order valence-electron chi connectivity index (χ2n) is 4.84. The number of rotatable bonds is 2. The summed E-state index contributed by atoms with van der Waals surface area (Å²) in [5, 5.41) is 9.19. The molecule has 2 heterocycles. The van der Waals surface area contributed by atoms with Gasteiger partial charge in [-0.2, -0.15) is 5.26 Å². The molecule has 2 N–H and O–H groups in total. The summed E-state index contributed by atoms with van der Waals surface area (Å²) in [6.07, 6.45) is 2.84. The Labute approximate surface area is 116 Å². The standard InChI is InChI=1S/C13H17BrN4/c1-9-2-3-18(8-11(9)6-16)13-10(5-15)4-12(14)7-17-13/h4,7,9,11H,2-3,6,8,16H2,1H3. The molecular formula is C13H17BrN4. The van der Waals surface area contributed by atoms with Gasteiger partial charge < -0.3 is 10.6 Å². The van der Waals surface area contributed by atoms with Crippen molar-refractivity contribution in [2.75, 3.05) is 24.5 Å². The second-order valence-corrected chi connectivity index (χ2v) is 5.76. The van der Waals surface area contributed by atoms with E-state index in [0.29, 0.717) is 23.9 Å². The van der Waals surface area contributed by atoms with Gasteiger partial charge in [-0.05, 0) is 46.8 Å². The fraction of sp³-hybridized carbons (Fsp3) is 0.538. The van der Waals surface area contributed by atoms with Crippen LogP contribution in [0.3, 0.4) is 0 Å². The molecule has 0 saturated carbocycles. The number of hydrogen-bond acceptors (Lipinski definition) is 4. The number of anilines is 1. The molecule has 1 fully saturated rings. The molecule has 96 valence electrons. The van der Waals surface area contributed by atoms with Crippen molar-refractivity contribution in [1.82, 2.24) is 4.98 Å². The SMILES string of the molecule is CC1CCN(c2ncc(Br)cc2C#N)CC1CN. The van der Waals surface area contributed by atoms with Crippen molar-refractivity contribution >= 4 is 21.7 Å². The van der Waals surface area contributed by atoms with E-state index in [1.54, 1.807) is 6.20 Å². The molecule has 2 atom stereocenters. The van der Waals surface area contributed by atoms with Crippen LogP contribution in [0.15, 0.2) is 16.7 Å². The molecule has 0 bridgehead atoms. The van der Waals surface area contributed by atoms with Gasteiger partial charge in [-0.3, -0.25) is 0 Å². The lowest BCUT2D eigenvalue weighted by molar-refractivity contribution is 0.307. The minimum atomic E-state index is 0.482. The highest BCUT2D eigenvalue weighted by Crippen LogP contribution is 2.28. The monoisotopic (exact) mass is 308 g/mol. The van der Waals surface area contributed by atoms with Crippen LogP contribution >= 0.6 is 15.9 Å². The van der Waals surface area contributed by atoms with Crippen molar-refractivity contribution in [3.63, 3.8) is 0 Å². The maximum absolute atomic E-state index is 9.19. The van der Waals surface area contributed by atoms with E-state index in [2.05, 4.69) is 38.8 Å². The van der Waals surface area contributed by atoms with E-state index in [9.17, 15) is 5.26 Å². The Morgan fingerprint density at radius 2 is 2.44 bits per heavy atom. The quantitative estimate of drug-likeness (QED) is 0.909. The van der Waals surface area contributed by atoms with E-state index in [1.165, 1.54) is 0 Å². The van der Waals surface area contributed by atoms with E-state index in [-0.39, 0.29) is 0 Å².